The molecule has 3 aromatic rings. The summed E-state index contributed by atoms with van der Waals surface area (Å²) < 4.78 is 7.13. The maximum Gasteiger partial charge on any atom is 0.349 e. The Morgan fingerprint density at radius 1 is 1.39 bits per heavy atom. The van der Waals surface area contributed by atoms with Gasteiger partial charge in [-0.1, -0.05) is 11.6 Å². The highest BCUT2D eigenvalue weighted by molar-refractivity contribution is 7.80. The van der Waals surface area contributed by atoms with Gasteiger partial charge in [0.25, 0.3) is 5.91 Å². The topological polar surface area (TPSA) is 111 Å². The molecule has 1 amide bonds. The highest BCUT2D eigenvalue weighted by atomic mass is 35.5. The number of primary amides is 1. The molecule has 0 aliphatic rings. The lowest BCUT2D eigenvalue weighted by atomic mass is 10.2. The van der Waals surface area contributed by atoms with E-state index in [4.69, 9.17) is 34.3 Å². The first kappa shape index (κ1) is 20.1. The summed E-state index contributed by atoms with van der Waals surface area (Å²) in [6.45, 7) is 2.47. The summed E-state index contributed by atoms with van der Waals surface area (Å²) in [7, 11) is 1.31. The monoisotopic (exact) mass is 437 g/mol. The van der Waals surface area contributed by atoms with Crippen LogP contribution in [-0.2, 0) is 11.3 Å². The van der Waals surface area contributed by atoms with E-state index in [1.165, 1.54) is 18.4 Å². The molecule has 28 heavy (non-hydrogen) atoms. The van der Waals surface area contributed by atoms with Crippen molar-refractivity contribution in [3.8, 4) is 0 Å². The van der Waals surface area contributed by atoms with E-state index in [9.17, 15) is 9.59 Å². The Hall–Kier alpha value is -2.69. The molecular weight excluding hydrogens is 422 g/mol. The van der Waals surface area contributed by atoms with E-state index in [2.05, 4.69) is 15.7 Å². The minimum Gasteiger partial charge on any atom is -0.465 e. The second-order valence-corrected chi connectivity index (χ2v) is 7.48. The smallest absolute Gasteiger partial charge is 0.349 e. The van der Waals surface area contributed by atoms with Crippen LogP contribution in [0.5, 0.6) is 0 Å². The Morgan fingerprint density at radius 3 is 2.79 bits per heavy atom. The highest BCUT2D eigenvalue weighted by Crippen LogP contribution is 2.37. The number of carbonyl (C=O) groups excluding carboxylic acids is 2. The number of nitrogens with one attached hydrogen (secondary N) is 2. The first-order valence-electron chi connectivity index (χ1n) is 8.09. The fourth-order valence-corrected chi connectivity index (χ4v) is 4.20. The molecule has 0 unspecified atom stereocenters. The quantitative estimate of drug-likeness (QED) is 0.414. The number of amides is 1. The van der Waals surface area contributed by atoms with Crippen molar-refractivity contribution in [3.05, 3.63) is 40.0 Å². The number of carbonyl (C=O) groups is 2. The summed E-state index contributed by atoms with van der Waals surface area (Å²) in [5.74, 6) is -1.13. The maximum absolute atomic E-state index is 11.8. The lowest BCUT2D eigenvalue weighted by molar-refractivity contribution is 0.0606. The zero-order valence-electron chi connectivity index (χ0n) is 14.9. The summed E-state index contributed by atoms with van der Waals surface area (Å²) in [6, 6.07) is 5.38. The van der Waals surface area contributed by atoms with Crippen molar-refractivity contribution in [2.24, 2.45) is 5.73 Å². The Balaban J connectivity index is 1.81. The van der Waals surface area contributed by atoms with Crippen molar-refractivity contribution in [1.82, 2.24) is 9.78 Å². The predicted molar refractivity (Wildman–Crippen MR) is 114 cm³/mol. The molecule has 0 fully saturated rings. The van der Waals surface area contributed by atoms with Crippen molar-refractivity contribution >= 4 is 73.6 Å². The molecule has 2 heterocycles. The van der Waals surface area contributed by atoms with Gasteiger partial charge in [0.1, 0.15) is 4.88 Å². The highest BCUT2D eigenvalue weighted by Gasteiger charge is 2.18. The predicted octanol–water partition coefficient (Wildman–Crippen LogP) is 3.47. The van der Waals surface area contributed by atoms with Gasteiger partial charge in [0.15, 0.2) is 10.8 Å². The second-order valence-electron chi connectivity index (χ2n) is 5.64. The van der Waals surface area contributed by atoms with E-state index in [-0.39, 0.29) is 10.8 Å². The van der Waals surface area contributed by atoms with Crippen LogP contribution in [0.3, 0.4) is 0 Å². The van der Waals surface area contributed by atoms with Crippen molar-refractivity contribution < 1.29 is 14.3 Å². The summed E-state index contributed by atoms with van der Waals surface area (Å²) in [5.41, 5.74) is 6.56. The number of aryl methyl sites for hydroxylation is 1. The number of ether oxygens (including phenoxy) is 1. The van der Waals surface area contributed by atoms with Crippen molar-refractivity contribution in [2.45, 2.75) is 13.5 Å². The molecule has 0 aliphatic carbocycles. The van der Waals surface area contributed by atoms with E-state index >= 15 is 0 Å². The Bertz CT molecular complexity index is 1090. The van der Waals surface area contributed by atoms with Crippen molar-refractivity contribution in [2.75, 3.05) is 17.7 Å². The number of hydrogen-bond acceptors (Lipinski definition) is 6. The molecule has 0 aliphatic heterocycles. The third-order valence-electron chi connectivity index (χ3n) is 3.83. The van der Waals surface area contributed by atoms with Gasteiger partial charge < -0.3 is 21.1 Å². The fourth-order valence-electron chi connectivity index (χ4n) is 2.51. The number of nitrogens with two attached hydrogens (primary N) is 1. The molecule has 8 nitrogen and oxygen atoms in total. The van der Waals surface area contributed by atoms with Crippen LogP contribution in [0.4, 0.5) is 11.4 Å². The molecule has 0 saturated heterocycles. The number of hydrogen-bond donors (Lipinski definition) is 3. The zero-order chi connectivity index (χ0) is 20.4. The van der Waals surface area contributed by atoms with Crippen molar-refractivity contribution in [1.29, 1.82) is 0 Å². The van der Waals surface area contributed by atoms with Gasteiger partial charge in [0.2, 0.25) is 0 Å². The summed E-state index contributed by atoms with van der Waals surface area (Å²) in [4.78, 5) is 23.7. The van der Waals surface area contributed by atoms with Crippen LogP contribution in [0.15, 0.2) is 24.4 Å². The van der Waals surface area contributed by atoms with Crippen molar-refractivity contribution in [3.63, 3.8) is 0 Å². The van der Waals surface area contributed by atoms with Gasteiger partial charge in [-0.15, -0.1) is 11.3 Å². The van der Waals surface area contributed by atoms with Gasteiger partial charge in [-0.2, -0.15) is 5.10 Å². The van der Waals surface area contributed by atoms with Crippen LogP contribution >= 0.6 is 35.2 Å². The number of methoxy groups -OCH3 is 1. The van der Waals surface area contributed by atoms with E-state index in [0.717, 1.165) is 10.1 Å². The standard InChI is InChI=1S/C17H16ClN5O3S2/c1-3-23-7-10(13(22-23)15(19)24)21-17(27)20-8-4-5-9-11(6-8)28-14(12(9)18)16(25)26-2/h4-7H,3H2,1-2H3,(H2,19,24)(H2,20,21,27). The zero-order valence-corrected chi connectivity index (χ0v) is 17.3. The summed E-state index contributed by atoms with van der Waals surface area (Å²) >= 11 is 12.8. The number of esters is 1. The van der Waals surface area contributed by atoms with Crippen LogP contribution in [-0.4, -0.2) is 33.9 Å². The van der Waals surface area contributed by atoms with Gasteiger partial charge >= 0.3 is 5.97 Å². The number of nitrogens with zero attached hydrogens (tertiary/aromatic N) is 2. The molecule has 1 aromatic carbocycles. The molecule has 146 valence electrons. The Morgan fingerprint density at radius 2 is 2.14 bits per heavy atom. The van der Waals surface area contributed by atoms with E-state index in [1.54, 1.807) is 23.0 Å². The number of thiocarbonyl (C=S) groups is 1. The average Bonchev–Trinajstić information content (AvgIpc) is 3.22. The molecule has 2 aromatic heterocycles. The molecule has 0 spiro atoms. The third kappa shape index (κ3) is 3.93. The first-order chi connectivity index (χ1) is 13.3. The van der Waals surface area contributed by atoms with E-state index in [1.807, 2.05) is 13.0 Å². The maximum atomic E-state index is 11.8. The molecule has 11 heteroatoms. The fraction of sp³-hybridized carbons (Fsp3) is 0.176. The lowest BCUT2D eigenvalue weighted by Gasteiger charge is -2.10. The van der Waals surface area contributed by atoms with Crippen LogP contribution in [0.2, 0.25) is 5.02 Å². The van der Waals surface area contributed by atoms with Gasteiger partial charge in [-0.25, -0.2) is 4.79 Å². The first-order valence-corrected chi connectivity index (χ1v) is 9.70. The second kappa shape index (κ2) is 8.13. The van der Waals surface area contributed by atoms with Crippen LogP contribution in [0, 0.1) is 0 Å². The average molecular weight is 438 g/mol. The van der Waals surface area contributed by atoms with E-state index < -0.39 is 11.9 Å². The molecule has 0 bridgehead atoms. The molecule has 0 atom stereocenters. The van der Waals surface area contributed by atoms with E-state index in [0.29, 0.717) is 27.8 Å². The minimum absolute atomic E-state index is 0.106. The number of halogens is 1. The number of aromatic nitrogens is 2. The van der Waals surface area contributed by atoms with Crippen LogP contribution < -0.4 is 16.4 Å². The van der Waals surface area contributed by atoms with Gasteiger partial charge in [0, 0.05) is 28.5 Å². The normalized spacial score (nSPS) is 10.7. The Kier molecular flexibility index (Phi) is 5.82. The molecule has 0 saturated carbocycles. The number of thiophene rings is 1. The lowest BCUT2D eigenvalue weighted by Crippen LogP contribution is -2.21. The van der Waals surface area contributed by atoms with Crippen LogP contribution in [0.1, 0.15) is 27.1 Å². The molecule has 0 radical (unpaired) electrons. The number of rotatable bonds is 5. The molecule has 4 N–H and O–H groups in total. The number of anilines is 2. The Labute approximate surface area is 174 Å². The third-order valence-corrected chi connectivity index (χ3v) is 5.67. The van der Waals surface area contributed by atoms with Gasteiger partial charge in [0.05, 0.1) is 17.8 Å². The number of fused-ring (bicyclic) bond motifs is 1. The molecule has 3 rings (SSSR count). The summed E-state index contributed by atoms with van der Waals surface area (Å²) in [5, 5.41) is 11.4. The van der Waals surface area contributed by atoms with Crippen LogP contribution in [0.25, 0.3) is 10.1 Å². The van der Waals surface area contributed by atoms with Gasteiger partial charge in [-0.3, -0.25) is 9.48 Å². The largest absolute Gasteiger partial charge is 0.465 e. The number of benzene rings is 1. The summed E-state index contributed by atoms with van der Waals surface area (Å²) in [6.07, 6.45) is 1.65. The van der Waals surface area contributed by atoms with Gasteiger partial charge in [-0.05, 0) is 37.3 Å². The SMILES string of the molecule is CCn1cc(NC(=S)Nc2ccc3c(Cl)c(C(=O)OC)sc3c2)c(C(N)=O)n1. The minimum atomic E-state index is -0.650. The molecular formula is C17H16ClN5O3S2.